The highest BCUT2D eigenvalue weighted by atomic mass is 35.5. The standard InChI is InChI=1S/C9H12ClNO2S/c1-7(11-14(2,12)13)8-3-5-9(10)6-4-8/h3-7,11H,1-2H3. The fourth-order valence-corrected chi connectivity index (χ4v) is 2.04. The van der Waals surface area contributed by atoms with Gasteiger partial charge in [-0.25, -0.2) is 13.1 Å². The van der Waals surface area contributed by atoms with Gasteiger partial charge in [0.2, 0.25) is 10.0 Å². The predicted molar refractivity (Wildman–Crippen MR) is 57.8 cm³/mol. The molecule has 5 heteroatoms. The third-order valence-electron chi connectivity index (χ3n) is 1.76. The Morgan fingerprint density at radius 2 is 1.79 bits per heavy atom. The molecule has 0 aliphatic carbocycles. The smallest absolute Gasteiger partial charge is 0.209 e. The zero-order valence-electron chi connectivity index (χ0n) is 7.99. The Hall–Kier alpha value is -0.580. The van der Waals surface area contributed by atoms with Gasteiger partial charge in [-0.3, -0.25) is 0 Å². The van der Waals surface area contributed by atoms with E-state index in [0.29, 0.717) is 5.02 Å². The second kappa shape index (κ2) is 4.29. The lowest BCUT2D eigenvalue weighted by Gasteiger charge is -2.12. The van der Waals surface area contributed by atoms with Crippen LogP contribution < -0.4 is 4.72 Å². The second-order valence-electron chi connectivity index (χ2n) is 3.16. The first-order valence-electron chi connectivity index (χ1n) is 4.11. The van der Waals surface area contributed by atoms with Crippen molar-refractivity contribution in [2.75, 3.05) is 6.26 Å². The Morgan fingerprint density at radius 1 is 1.29 bits per heavy atom. The average molecular weight is 234 g/mol. The van der Waals surface area contributed by atoms with Gasteiger partial charge in [0.25, 0.3) is 0 Å². The van der Waals surface area contributed by atoms with Gasteiger partial charge in [-0.2, -0.15) is 0 Å². The maximum Gasteiger partial charge on any atom is 0.209 e. The van der Waals surface area contributed by atoms with E-state index in [2.05, 4.69) is 4.72 Å². The molecule has 0 saturated carbocycles. The molecule has 78 valence electrons. The highest BCUT2D eigenvalue weighted by Crippen LogP contribution is 2.16. The zero-order chi connectivity index (χ0) is 10.8. The monoisotopic (exact) mass is 233 g/mol. The number of halogens is 1. The number of hydrogen-bond acceptors (Lipinski definition) is 2. The van der Waals surface area contributed by atoms with Crippen LogP contribution >= 0.6 is 11.6 Å². The zero-order valence-corrected chi connectivity index (χ0v) is 9.56. The highest BCUT2D eigenvalue weighted by molar-refractivity contribution is 7.88. The minimum Gasteiger partial charge on any atom is -0.213 e. The van der Waals surface area contributed by atoms with E-state index in [1.165, 1.54) is 0 Å². The first kappa shape index (κ1) is 11.5. The van der Waals surface area contributed by atoms with Gasteiger partial charge in [0.15, 0.2) is 0 Å². The molecule has 0 radical (unpaired) electrons. The maximum atomic E-state index is 10.9. The lowest BCUT2D eigenvalue weighted by atomic mass is 10.1. The van der Waals surface area contributed by atoms with E-state index in [4.69, 9.17) is 11.6 Å². The minimum absolute atomic E-state index is 0.234. The Kier molecular flexibility index (Phi) is 3.53. The van der Waals surface area contributed by atoms with Gasteiger partial charge >= 0.3 is 0 Å². The van der Waals surface area contributed by atoms with Crippen LogP contribution in [0.25, 0.3) is 0 Å². The molecule has 0 aliphatic heterocycles. The molecule has 14 heavy (non-hydrogen) atoms. The van der Waals surface area contributed by atoms with Crippen molar-refractivity contribution in [3.8, 4) is 0 Å². The quantitative estimate of drug-likeness (QED) is 0.868. The van der Waals surface area contributed by atoms with Gasteiger partial charge in [0, 0.05) is 11.1 Å². The number of rotatable bonds is 3. The van der Waals surface area contributed by atoms with Crippen molar-refractivity contribution >= 4 is 21.6 Å². The molecule has 1 aromatic rings. The van der Waals surface area contributed by atoms with E-state index in [1.54, 1.807) is 31.2 Å². The molecule has 1 aromatic carbocycles. The molecule has 0 aromatic heterocycles. The topological polar surface area (TPSA) is 46.2 Å². The summed E-state index contributed by atoms with van der Waals surface area (Å²) in [6.45, 7) is 1.78. The van der Waals surface area contributed by atoms with E-state index in [-0.39, 0.29) is 6.04 Å². The van der Waals surface area contributed by atoms with Crippen LogP contribution in [0.15, 0.2) is 24.3 Å². The molecule has 1 N–H and O–H groups in total. The minimum atomic E-state index is -3.16. The molecule has 0 bridgehead atoms. The predicted octanol–water partition coefficient (Wildman–Crippen LogP) is 1.95. The second-order valence-corrected chi connectivity index (χ2v) is 5.38. The first-order chi connectivity index (χ1) is 6.38. The summed E-state index contributed by atoms with van der Waals surface area (Å²) in [5, 5.41) is 0.639. The molecule has 0 fully saturated rings. The van der Waals surface area contributed by atoms with Crippen LogP contribution in [0.1, 0.15) is 18.5 Å². The van der Waals surface area contributed by atoms with E-state index in [0.717, 1.165) is 11.8 Å². The summed E-state index contributed by atoms with van der Waals surface area (Å²) in [5.41, 5.74) is 0.889. The SMILES string of the molecule is CC(NS(C)(=O)=O)c1ccc(Cl)cc1. The molecular formula is C9H12ClNO2S. The van der Waals surface area contributed by atoms with Crippen LogP contribution in [-0.4, -0.2) is 14.7 Å². The van der Waals surface area contributed by atoms with Crippen LogP contribution in [0.2, 0.25) is 5.02 Å². The van der Waals surface area contributed by atoms with Gasteiger partial charge in [0.05, 0.1) is 6.26 Å². The van der Waals surface area contributed by atoms with E-state index >= 15 is 0 Å². The molecule has 0 heterocycles. The Labute approximate surface area is 89.1 Å². The summed E-state index contributed by atoms with van der Waals surface area (Å²) >= 11 is 5.71. The lowest BCUT2D eigenvalue weighted by molar-refractivity contribution is 0.573. The van der Waals surface area contributed by atoms with Crippen LogP contribution in [0.4, 0.5) is 0 Å². The van der Waals surface area contributed by atoms with Gasteiger partial charge < -0.3 is 0 Å². The van der Waals surface area contributed by atoms with Gasteiger partial charge in [0.1, 0.15) is 0 Å². The van der Waals surface area contributed by atoms with Crippen molar-refractivity contribution in [1.29, 1.82) is 0 Å². The first-order valence-corrected chi connectivity index (χ1v) is 6.38. The van der Waals surface area contributed by atoms with Crippen molar-refractivity contribution in [1.82, 2.24) is 4.72 Å². The molecule has 1 atom stereocenters. The van der Waals surface area contributed by atoms with Crippen LogP contribution in [-0.2, 0) is 10.0 Å². The van der Waals surface area contributed by atoms with Crippen molar-refractivity contribution in [2.24, 2.45) is 0 Å². The summed E-state index contributed by atoms with van der Waals surface area (Å²) in [4.78, 5) is 0. The van der Waals surface area contributed by atoms with Crippen molar-refractivity contribution in [3.63, 3.8) is 0 Å². The molecule has 1 rings (SSSR count). The normalized spacial score (nSPS) is 13.9. The van der Waals surface area contributed by atoms with Gasteiger partial charge in [-0.05, 0) is 24.6 Å². The molecule has 0 aliphatic rings. The summed E-state index contributed by atoms with van der Waals surface area (Å²) in [7, 11) is -3.16. The van der Waals surface area contributed by atoms with Gasteiger partial charge in [-0.15, -0.1) is 0 Å². The van der Waals surface area contributed by atoms with Crippen LogP contribution in [0, 0.1) is 0 Å². The lowest BCUT2D eigenvalue weighted by Crippen LogP contribution is -2.25. The number of benzene rings is 1. The molecule has 0 amide bonds. The fourth-order valence-electron chi connectivity index (χ4n) is 1.14. The van der Waals surface area contributed by atoms with Crippen LogP contribution in [0.5, 0.6) is 0 Å². The number of nitrogens with one attached hydrogen (secondary N) is 1. The van der Waals surface area contributed by atoms with Crippen molar-refractivity contribution in [3.05, 3.63) is 34.9 Å². The van der Waals surface area contributed by atoms with Crippen molar-refractivity contribution < 1.29 is 8.42 Å². The Balaban J connectivity index is 2.80. The van der Waals surface area contributed by atoms with Crippen molar-refractivity contribution in [2.45, 2.75) is 13.0 Å². The molecule has 1 unspecified atom stereocenters. The third kappa shape index (κ3) is 3.65. The largest absolute Gasteiger partial charge is 0.213 e. The van der Waals surface area contributed by atoms with E-state index < -0.39 is 10.0 Å². The number of hydrogen-bond donors (Lipinski definition) is 1. The molecular weight excluding hydrogens is 222 g/mol. The molecule has 0 saturated heterocycles. The van der Waals surface area contributed by atoms with Gasteiger partial charge in [-0.1, -0.05) is 23.7 Å². The molecule has 0 spiro atoms. The Morgan fingerprint density at radius 3 is 2.21 bits per heavy atom. The summed E-state index contributed by atoms with van der Waals surface area (Å²) in [6, 6.07) is 6.83. The fraction of sp³-hybridized carbons (Fsp3) is 0.333. The summed E-state index contributed by atoms with van der Waals surface area (Å²) < 4.78 is 24.4. The van der Waals surface area contributed by atoms with E-state index in [1.807, 2.05) is 0 Å². The van der Waals surface area contributed by atoms with E-state index in [9.17, 15) is 8.42 Å². The third-order valence-corrected chi connectivity index (χ3v) is 2.79. The Bertz CT molecular complexity index is 399. The average Bonchev–Trinajstić information content (AvgIpc) is 2.02. The highest BCUT2D eigenvalue weighted by Gasteiger charge is 2.09. The maximum absolute atomic E-state index is 10.9. The molecule has 3 nitrogen and oxygen atoms in total. The van der Waals surface area contributed by atoms with Crippen LogP contribution in [0.3, 0.4) is 0 Å². The summed E-state index contributed by atoms with van der Waals surface area (Å²) in [6.07, 6.45) is 1.14. The number of sulfonamides is 1. The summed E-state index contributed by atoms with van der Waals surface area (Å²) in [5.74, 6) is 0.